The molecular formula is C12H8FNO2. The molecule has 16 heavy (non-hydrogen) atoms. The Hall–Kier alpha value is -2.23. The highest BCUT2D eigenvalue weighted by molar-refractivity contribution is 5.82. The van der Waals surface area contributed by atoms with E-state index in [-0.39, 0.29) is 5.56 Å². The van der Waals surface area contributed by atoms with Crippen LogP contribution in [0.3, 0.4) is 0 Å². The normalized spacial score (nSPS) is 10.1. The average Bonchev–Trinajstić information content (AvgIpc) is 2.33. The van der Waals surface area contributed by atoms with E-state index < -0.39 is 11.6 Å². The van der Waals surface area contributed by atoms with E-state index in [1.165, 1.54) is 12.1 Å². The second-order valence-electron chi connectivity index (χ2n) is 3.26. The van der Waals surface area contributed by atoms with Crippen molar-refractivity contribution in [3.63, 3.8) is 0 Å². The molecule has 4 heteroatoms. The van der Waals surface area contributed by atoms with Gasteiger partial charge in [0.05, 0.1) is 5.56 Å². The number of hydrogen-bond acceptors (Lipinski definition) is 3. The number of aldehydes is 1. The van der Waals surface area contributed by atoms with Crippen molar-refractivity contribution in [2.75, 3.05) is 0 Å². The second kappa shape index (κ2) is 4.10. The van der Waals surface area contributed by atoms with E-state index in [0.717, 1.165) is 0 Å². The lowest BCUT2D eigenvalue weighted by molar-refractivity contribution is 0.112. The van der Waals surface area contributed by atoms with Crippen LogP contribution in [0.15, 0.2) is 36.7 Å². The Morgan fingerprint density at radius 3 is 2.75 bits per heavy atom. The van der Waals surface area contributed by atoms with Crippen molar-refractivity contribution in [1.82, 2.24) is 4.98 Å². The zero-order chi connectivity index (χ0) is 11.5. The maximum atomic E-state index is 13.3. The summed E-state index contributed by atoms with van der Waals surface area (Å²) in [6.45, 7) is 0. The van der Waals surface area contributed by atoms with Crippen molar-refractivity contribution in [1.29, 1.82) is 0 Å². The minimum atomic E-state index is -0.816. The first-order valence-electron chi connectivity index (χ1n) is 4.60. The molecule has 0 aliphatic carbocycles. The van der Waals surface area contributed by atoms with Crippen molar-refractivity contribution in [2.24, 2.45) is 0 Å². The molecule has 0 saturated heterocycles. The molecule has 0 amide bonds. The average molecular weight is 217 g/mol. The zero-order valence-corrected chi connectivity index (χ0v) is 8.22. The molecule has 2 rings (SSSR count). The number of hydrogen-bond donors (Lipinski definition) is 1. The number of phenols is 1. The number of benzene rings is 1. The first kappa shape index (κ1) is 10.3. The molecule has 1 heterocycles. The van der Waals surface area contributed by atoms with Crippen LogP contribution < -0.4 is 0 Å². The molecule has 1 N–H and O–H groups in total. The van der Waals surface area contributed by atoms with E-state index in [4.69, 9.17) is 0 Å². The van der Waals surface area contributed by atoms with Gasteiger partial charge in [-0.1, -0.05) is 6.07 Å². The quantitative estimate of drug-likeness (QED) is 0.786. The van der Waals surface area contributed by atoms with E-state index in [2.05, 4.69) is 4.98 Å². The highest BCUT2D eigenvalue weighted by atomic mass is 19.1. The number of nitrogens with zero attached hydrogens (tertiary/aromatic N) is 1. The Labute approximate surface area is 91.2 Å². The number of carbonyl (C=O) groups excluding carboxylic acids is 1. The molecule has 3 nitrogen and oxygen atoms in total. The third-order valence-corrected chi connectivity index (χ3v) is 2.21. The minimum Gasteiger partial charge on any atom is -0.504 e. The summed E-state index contributed by atoms with van der Waals surface area (Å²) >= 11 is 0. The minimum absolute atomic E-state index is 0.0705. The van der Waals surface area contributed by atoms with E-state index in [1.54, 1.807) is 24.5 Å². The second-order valence-corrected chi connectivity index (χ2v) is 3.26. The lowest BCUT2D eigenvalue weighted by atomic mass is 10.0. The van der Waals surface area contributed by atoms with Gasteiger partial charge in [0.2, 0.25) is 0 Å². The third-order valence-electron chi connectivity index (χ3n) is 2.21. The molecule has 0 radical (unpaired) electrons. The molecule has 0 aliphatic rings. The summed E-state index contributed by atoms with van der Waals surface area (Å²) in [6, 6.07) is 6.04. The Morgan fingerprint density at radius 2 is 2.12 bits per heavy atom. The van der Waals surface area contributed by atoms with Crippen molar-refractivity contribution in [2.45, 2.75) is 0 Å². The lowest BCUT2D eigenvalue weighted by Crippen LogP contribution is -1.89. The monoisotopic (exact) mass is 217 g/mol. The van der Waals surface area contributed by atoms with Gasteiger partial charge in [0, 0.05) is 18.0 Å². The predicted molar refractivity (Wildman–Crippen MR) is 56.7 cm³/mol. The molecule has 0 bridgehead atoms. The molecule has 0 spiro atoms. The molecule has 0 unspecified atom stereocenters. The summed E-state index contributed by atoms with van der Waals surface area (Å²) in [6.07, 6.45) is 3.57. The highest BCUT2D eigenvalue weighted by Crippen LogP contribution is 2.27. The number of aromatic hydroxyl groups is 1. The predicted octanol–water partition coefficient (Wildman–Crippen LogP) is 2.41. The van der Waals surface area contributed by atoms with Gasteiger partial charge in [-0.05, 0) is 23.8 Å². The van der Waals surface area contributed by atoms with Crippen LogP contribution in [0.2, 0.25) is 0 Å². The van der Waals surface area contributed by atoms with Gasteiger partial charge in [0.25, 0.3) is 0 Å². The SMILES string of the molecule is O=Cc1cc(-c2cccnc2)cc(F)c1O. The molecule has 0 fully saturated rings. The summed E-state index contributed by atoms with van der Waals surface area (Å²) in [5, 5.41) is 9.25. The van der Waals surface area contributed by atoms with Crippen molar-refractivity contribution in [3.05, 3.63) is 48.0 Å². The molecule has 0 aliphatic heterocycles. The summed E-state index contributed by atoms with van der Waals surface area (Å²) in [5.41, 5.74) is 1.12. The first-order valence-corrected chi connectivity index (χ1v) is 4.60. The number of pyridine rings is 1. The number of carbonyl (C=O) groups is 1. The Kier molecular flexibility index (Phi) is 2.64. The van der Waals surface area contributed by atoms with E-state index in [0.29, 0.717) is 17.4 Å². The lowest BCUT2D eigenvalue weighted by Gasteiger charge is -2.04. The molecule has 0 saturated carbocycles. The van der Waals surface area contributed by atoms with Crippen molar-refractivity contribution >= 4 is 6.29 Å². The third kappa shape index (κ3) is 1.77. The number of phenolic OH excluding ortho intramolecular Hbond substituents is 1. The summed E-state index contributed by atoms with van der Waals surface area (Å²) in [4.78, 5) is 14.5. The van der Waals surface area contributed by atoms with Crippen LogP contribution in [0, 0.1) is 5.82 Å². The van der Waals surface area contributed by atoms with Crippen LogP contribution in [0.25, 0.3) is 11.1 Å². The van der Waals surface area contributed by atoms with Gasteiger partial charge in [0.15, 0.2) is 17.9 Å². The van der Waals surface area contributed by atoms with Gasteiger partial charge in [-0.15, -0.1) is 0 Å². The van der Waals surface area contributed by atoms with Gasteiger partial charge >= 0.3 is 0 Å². The van der Waals surface area contributed by atoms with Crippen LogP contribution >= 0.6 is 0 Å². The Bertz CT molecular complexity index is 526. The van der Waals surface area contributed by atoms with Crippen LogP contribution in [-0.4, -0.2) is 16.4 Å². The van der Waals surface area contributed by atoms with Crippen molar-refractivity contribution in [3.8, 4) is 16.9 Å². The maximum Gasteiger partial charge on any atom is 0.166 e. The first-order chi connectivity index (χ1) is 7.72. The fraction of sp³-hybridized carbons (Fsp3) is 0. The Balaban J connectivity index is 2.59. The zero-order valence-electron chi connectivity index (χ0n) is 8.22. The number of rotatable bonds is 2. The van der Waals surface area contributed by atoms with E-state index in [9.17, 15) is 14.3 Å². The fourth-order valence-corrected chi connectivity index (χ4v) is 1.41. The van der Waals surface area contributed by atoms with E-state index >= 15 is 0 Å². The number of aromatic nitrogens is 1. The van der Waals surface area contributed by atoms with Crippen LogP contribution in [-0.2, 0) is 0 Å². The maximum absolute atomic E-state index is 13.3. The van der Waals surface area contributed by atoms with Crippen LogP contribution in [0.1, 0.15) is 10.4 Å². The van der Waals surface area contributed by atoms with Crippen molar-refractivity contribution < 1.29 is 14.3 Å². The summed E-state index contributed by atoms with van der Waals surface area (Å²) in [7, 11) is 0. The smallest absolute Gasteiger partial charge is 0.166 e. The Morgan fingerprint density at radius 1 is 1.31 bits per heavy atom. The topological polar surface area (TPSA) is 50.2 Å². The number of halogens is 1. The van der Waals surface area contributed by atoms with Gasteiger partial charge in [-0.2, -0.15) is 0 Å². The standard InChI is InChI=1S/C12H8FNO2/c13-11-5-9(4-10(7-15)12(11)16)8-2-1-3-14-6-8/h1-7,16H. The molecular weight excluding hydrogens is 209 g/mol. The molecule has 2 aromatic rings. The fourth-order valence-electron chi connectivity index (χ4n) is 1.41. The summed E-state index contributed by atoms with van der Waals surface area (Å²) < 4.78 is 13.3. The van der Waals surface area contributed by atoms with Gasteiger partial charge in [-0.3, -0.25) is 9.78 Å². The van der Waals surface area contributed by atoms with Crippen LogP contribution in [0.5, 0.6) is 5.75 Å². The largest absolute Gasteiger partial charge is 0.504 e. The van der Waals surface area contributed by atoms with Gasteiger partial charge < -0.3 is 5.11 Å². The molecule has 1 aromatic heterocycles. The molecule has 80 valence electrons. The highest BCUT2D eigenvalue weighted by Gasteiger charge is 2.10. The van der Waals surface area contributed by atoms with E-state index in [1.807, 2.05) is 0 Å². The molecule has 1 aromatic carbocycles. The van der Waals surface area contributed by atoms with Gasteiger partial charge in [-0.25, -0.2) is 4.39 Å². The van der Waals surface area contributed by atoms with Crippen LogP contribution in [0.4, 0.5) is 4.39 Å². The van der Waals surface area contributed by atoms with Gasteiger partial charge in [0.1, 0.15) is 0 Å². The molecule has 0 atom stereocenters. The summed E-state index contributed by atoms with van der Waals surface area (Å²) in [5.74, 6) is -1.44.